The second-order valence-corrected chi connectivity index (χ2v) is 9.15. The zero-order chi connectivity index (χ0) is 26.8. The monoisotopic (exact) mass is 518 g/mol. The number of likely N-dealkylation sites (N-methyl/N-ethyl adjacent to an activating group) is 1. The first-order valence-electron chi connectivity index (χ1n) is 11.7. The van der Waals surface area contributed by atoms with Crippen LogP contribution in [0.2, 0.25) is 0 Å². The Balaban J connectivity index is 1.33. The van der Waals surface area contributed by atoms with Crippen LogP contribution in [0.15, 0.2) is 60.9 Å². The van der Waals surface area contributed by atoms with Crippen molar-refractivity contribution in [3.8, 4) is 16.9 Å². The lowest BCUT2D eigenvalue weighted by Crippen LogP contribution is -2.32. The van der Waals surface area contributed by atoms with Gasteiger partial charge in [-0.3, -0.25) is 14.5 Å². The van der Waals surface area contributed by atoms with E-state index in [9.17, 15) is 18.0 Å². The molecule has 1 atom stereocenters. The number of alkyl halides is 3. The Kier molecular flexibility index (Phi) is 5.26. The number of ether oxygens (including phenoxy) is 1. The van der Waals surface area contributed by atoms with Crippen molar-refractivity contribution in [1.29, 1.82) is 0 Å². The minimum Gasteiger partial charge on any atom is -0.491 e. The fourth-order valence-corrected chi connectivity index (χ4v) is 4.98. The van der Waals surface area contributed by atoms with E-state index in [0.29, 0.717) is 39.2 Å². The summed E-state index contributed by atoms with van der Waals surface area (Å²) in [5.41, 5.74) is 8.00. The number of amides is 1. The van der Waals surface area contributed by atoms with Gasteiger partial charge in [-0.2, -0.15) is 18.3 Å². The van der Waals surface area contributed by atoms with Crippen molar-refractivity contribution in [2.24, 2.45) is 7.05 Å². The normalized spacial score (nSPS) is 15.0. The Bertz CT molecular complexity index is 1750. The Morgan fingerprint density at radius 2 is 1.97 bits per heavy atom. The number of aryl methyl sites for hydroxylation is 1. The molecule has 38 heavy (non-hydrogen) atoms. The number of hydrogen-bond acceptors (Lipinski definition) is 6. The third-order valence-electron chi connectivity index (χ3n) is 6.90. The largest absolute Gasteiger partial charge is 0.491 e. The first kappa shape index (κ1) is 23.7. The lowest BCUT2D eigenvalue weighted by atomic mass is 9.99. The molecule has 0 unspecified atom stereocenters. The van der Waals surface area contributed by atoms with Crippen molar-refractivity contribution in [1.82, 2.24) is 24.6 Å². The molecule has 0 aliphatic carbocycles. The van der Waals surface area contributed by atoms with E-state index < -0.39 is 17.9 Å². The van der Waals surface area contributed by atoms with Gasteiger partial charge in [0.05, 0.1) is 28.7 Å². The minimum atomic E-state index is -4.59. The molecule has 2 aromatic carbocycles. The molecule has 0 radical (unpaired) electrons. The van der Waals surface area contributed by atoms with E-state index in [1.54, 1.807) is 66.3 Å². The predicted molar refractivity (Wildman–Crippen MR) is 135 cm³/mol. The summed E-state index contributed by atoms with van der Waals surface area (Å²) in [4.78, 5) is 23.1. The molecule has 3 aromatic heterocycles. The number of nitrogens with zero attached hydrogens (tertiary/aromatic N) is 5. The summed E-state index contributed by atoms with van der Waals surface area (Å²) in [6.45, 7) is 0.178. The molecule has 0 spiro atoms. The average molecular weight is 518 g/mol. The van der Waals surface area contributed by atoms with Crippen molar-refractivity contribution in [3.05, 3.63) is 77.7 Å². The highest BCUT2D eigenvalue weighted by molar-refractivity contribution is 6.10. The maximum Gasteiger partial charge on any atom is 0.433 e. The van der Waals surface area contributed by atoms with Gasteiger partial charge in [0.25, 0.3) is 5.91 Å². The van der Waals surface area contributed by atoms with Gasteiger partial charge in [-0.1, -0.05) is 18.2 Å². The molecule has 4 heterocycles. The molecule has 8 nitrogen and oxygen atoms in total. The zero-order valence-corrected chi connectivity index (χ0v) is 20.3. The van der Waals surface area contributed by atoms with Crippen LogP contribution in [0.3, 0.4) is 0 Å². The van der Waals surface area contributed by atoms with Crippen molar-refractivity contribution in [2.75, 3.05) is 19.4 Å². The summed E-state index contributed by atoms with van der Waals surface area (Å²) in [6.07, 6.45) is -1.83. The smallest absolute Gasteiger partial charge is 0.433 e. The highest BCUT2D eigenvalue weighted by atomic mass is 19.4. The molecule has 192 valence electrons. The van der Waals surface area contributed by atoms with Crippen LogP contribution in [0.5, 0.6) is 5.75 Å². The van der Waals surface area contributed by atoms with Gasteiger partial charge in [-0.15, -0.1) is 0 Å². The molecular weight excluding hydrogens is 497 g/mol. The Labute approximate surface area is 214 Å². The zero-order valence-electron chi connectivity index (χ0n) is 20.3. The van der Waals surface area contributed by atoms with Gasteiger partial charge in [0, 0.05) is 42.4 Å². The standard InChI is InChI=1S/C27H21F3N6O2/c1-35(26(37)15-6-8-20-18(10-15)23-19(25(31)34-20)12-33-36(23)2)21-13-38-22-11-14(5-7-17(21)22)16-4-3-9-32-24(16)27(28,29)30/h3-12,21H,13H2,1-2H3,(H2,31,34)/t21-/m1/s1. The summed E-state index contributed by atoms with van der Waals surface area (Å²) in [7, 11) is 3.47. The fraction of sp³-hybridized carbons (Fsp3) is 0.185. The number of anilines is 1. The summed E-state index contributed by atoms with van der Waals surface area (Å²) in [6, 6.07) is 12.5. The van der Waals surface area contributed by atoms with Crippen LogP contribution in [0.4, 0.5) is 19.0 Å². The van der Waals surface area contributed by atoms with E-state index in [2.05, 4.69) is 15.1 Å². The molecule has 1 amide bonds. The van der Waals surface area contributed by atoms with Crippen LogP contribution in [-0.4, -0.2) is 44.2 Å². The van der Waals surface area contributed by atoms with Crippen molar-refractivity contribution in [2.45, 2.75) is 12.2 Å². The van der Waals surface area contributed by atoms with Crippen LogP contribution in [-0.2, 0) is 13.2 Å². The second-order valence-electron chi connectivity index (χ2n) is 9.15. The molecule has 1 aliphatic heterocycles. The first-order chi connectivity index (χ1) is 18.1. The van der Waals surface area contributed by atoms with Crippen LogP contribution in [0.1, 0.15) is 27.7 Å². The molecule has 0 saturated heterocycles. The number of aromatic nitrogens is 4. The number of nitrogens with two attached hydrogens (primary N) is 1. The van der Waals surface area contributed by atoms with E-state index in [-0.39, 0.29) is 18.1 Å². The molecule has 0 saturated carbocycles. The number of benzene rings is 2. The fourth-order valence-electron chi connectivity index (χ4n) is 4.98. The van der Waals surface area contributed by atoms with E-state index >= 15 is 0 Å². The molecule has 0 bridgehead atoms. The minimum absolute atomic E-state index is 0.0360. The maximum atomic E-state index is 13.5. The quantitative estimate of drug-likeness (QED) is 0.361. The topological polar surface area (TPSA) is 99.2 Å². The number of halogens is 3. The third kappa shape index (κ3) is 3.69. The lowest BCUT2D eigenvalue weighted by Gasteiger charge is -2.24. The SMILES string of the molecule is CN(C(=O)c1ccc2nc(N)c3cnn(C)c3c2c1)[C@@H]1COc2cc(-c3cccnc3C(F)(F)F)ccc21. The van der Waals surface area contributed by atoms with Crippen molar-refractivity contribution >= 4 is 33.5 Å². The van der Waals surface area contributed by atoms with Gasteiger partial charge in [0.15, 0.2) is 5.69 Å². The average Bonchev–Trinajstić information content (AvgIpc) is 3.51. The lowest BCUT2D eigenvalue weighted by molar-refractivity contribution is -0.140. The number of carbonyl (C=O) groups excluding carboxylic acids is 1. The van der Waals surface area contributed by atoms with Gasteiger partial charge < -0.3 is 15.4 Å². The van der Waals surface area contributed by atoms with Gasteiger partial charge in [0.1, 0.15) is 18.2 Å². The van der Waals surface area contributed by atoms with Crippen molar-refractivity contribution in [3.63, 3.8) is 0 Å². The molecule has 1 aliphatic rings. The van der Waals surface area contributed by atoms with Gasteiger partial charge in [-0.05, 0) is 35.9 Å². The van der Waals surface area contributed by atoms with Gasteiger partial charge in [-0.25, -0.2) is 4.98 Å². The molecular formula is C27H21F3N6O2. The van der Waals surface area contributed by atoms with E-state index in [0.717, 1.165) is 17.1 Å². The summed E-state index contributed by atoms with van der Waals surface area (Å²) >= 11 is 0. The van der Waals surface area contributed by atoms with Crippen LogP contribution in [0.25, 0.3) is 32.9 Å². The van der Waals surface area contributed by atoms with E-state index in [4.69, 9.17) is 10.5 Å². The molecule has 6 rings (SSSR count). The highest BCUT2D eigenvalue weighted by Gasteiger charge is 2.36. The number of hydrogen-bond donors (Lipinski definition) is 1. The Morgan fingerprint density at radius 1 is 1.16 bits per heavy atom. The van der Waals surface area contributed by atoms with Gasteiger partial charge in [0.2, 0.25) is 0 Å². The van der Waals surface area contributed by atoms with E-state index in [1.807, 2.05) is 0 Å². The van der Waals surface area contributed by atoms with Crippen LogP contribution in [0, 0.1) is 0 Å². The molecule has 5 aromatic rings. The number of carbonyl (C=O) groups is 1. The molecule has 11 heteroatoms. The number of fused-ring (bicyclic) bond motifs is 4. The Hall–Kier alpha value is -4.67. The Morgan fingerprint density at radius 3 is 2.76 bits per heavy atom. The highest BCUT2D eigenvalue weighted by Crippen LogP contribution is 2.41. The summed E-state index contributed by atoms with van der Waals surface area (Å²) in [5, 5.41) is 5.72. The van der Waals surface area contributed by atoms with Crippen molar-refractivity contribution < 1.29 is 22.7 Å². The first-order valence-corrected chi connectivity index (χ1v) is 11.7. The van der Waals surface area contributed by atoms with E-state index in [1.165, 1.54) is 12.1 Å². The van der Waals surface area contributed by atoms with Crippen LogP contribution >= 0.6 is 0 Å². The predicted octanol–water partition coefficient (Wildman–Crippen LogP) is 4.99. The number of rotatable bonds is 3. The molecule has 0 fully saturated rings. The maximum absolute atomic E-state index is 13.5. The number of pyridine rings is 2. The third-order valence-corrected chi connectivity index (χ3v) is 6.90. The second kappa shape index (κ2) is 8.44. The summed E-state index contributed by atoms with van der Waals surface area (Å²) < 4.78 is 48.0. The van der Waals surface area contributed by atoms with Crippen LogP contribution < -0.4 is 10.5 Å². The van der Waals surface area contributed by atoms with Gasteiger partial charge >= 0.3 is 6.18 Å². The number of nitrogen functional groups attached to an aromatic ring is 1. The summed E-state index contributed by atoms with van der Waals surface area (Å²) in [5.74, 6) is 0.555. The molecule has 2 N–H and O–H groups in total.